The molecule has 8 nitrogen and oxygen atoms in total. The monoisotopic (exact) mass is 331 g/mol. The number of hydrogen-bond donors (Lipinski definition) is 2. The molecule has 0 saturated carbocycles. The van der Waals surface area contributed by atoms with Crippen LogP contribution in [-0.4, -0.2) is 32.5 Å². The van der Waals surface area contributed by atoms with Crippen LogP contribution in [0.15, 0.2) is 36.9 Å². The normalized spacial score (nSPS) is 11.3. The van der Waals surface area contributed by atoms with Gasteiger partial charge in [0.05, 0.1) is 11.3 Å². The summed E-state index contributed by atoms with van der Waals surface area (Å²) < 4.78 is 1.53. The molecule has 8 heteroatoms. The number of hydrogen-bond acceptors (Lipinski definition) is 5. The van der Waals surface area contributed by atoms with Crippen LogP contribution in [0.5, 0.6) is 0 Å². The molecule has 0 bridgehead atoms. The lowest BCUT2D eigenvalue weighted by molar-refractivity contribution is -0.384. The Morgan fingerprint density at radius 2 is 2.12 bits per heavy atom. The Balaban J connectivity index is 2.24. The van der Waals surface area contributed by atoms with Gasteiger partial charge in [-0.05, 0) is 25.0 Å². The summed E-state index contributed by atoms with van der Waals surface area (Å²) in [7, 11) is 0. The number of nitrogens with one attached hydrogen (secondary N) is 1. The van der Waals surface area contributed by atoms with Crippen LogP contribution in [0.3, 0.4) is 0 Å². The summed E-state index contributed by atoms with van der Waals surface area (Å²) in [5.74, 6) is -0.382. The quantitative estimate of drug-likeness (QED) is 0.595. The van der Waals surface area contributed by atoms with Gasteiger partial charge in [0, 0.05) is 36.1 Å². The lowest BCUT2D eigenvalue weighted by atomic mass is 9.94. The largest absolute Gasteiger partial charge is 0.350 e. The Morgan fingerprint density at radius 1 is 1.42 bits per heavy atom. The highest BCUT2D eigenvalue weighted by Gasteiger charge is 2.23. The van der Waals surface area contributed by atoms with E-state index in [-0.39, 0.29) is 17.2 Å². The summed E-state index contributed by atoms with van der Waals surface area (Å²) in [5, 5.41) is 14.1. The van der Waals surface area contributed by atoms with Crippen molar-refractivity contribution in [3.63, 3.8) is 0 Å². The van der Waals surface area contributed by atoms with Gasteiger partial charge >= 0.3 is 0 Å². The van der Waals surface area contributed by atoms with E-state index in [9.17, 15) is 14.9 Å². The lowest BCUT2D eigenvalue weighted by Gasteiger charge is -2.26. The molecule has 0 atom stereocenters. The smallest absolute Gasteiger partial charge is 0.294 e. The number of benzene rings is 1. The van der Waals surface area contributed by atoms with E-state index in [2.05, 4.69) is 10.3 Å². The Bertz CT molecular complexity index is 723. The second-order valence-corrected chi connectivity index (χ2v) is 5.68. The van der Waals surface area contributed by atoms with E-state index in [4.69, 9.17) is 5.73 Å². The van der Waals surface area contributed by atoms with Crippen LogP contribution in [0.1, 0.15) is 37.0 Å². The maximum absolute atomic E-state index is 12.3. The number of carbonyl (C=O) groups is 1. The fourth-order valence-corrected chi connectivity index (χ4v) is 2.29. The molecule has 2 aromatic rings. The number of rotatable bonds is 7. The van der Waals surface area contributed by atoms with E-state index in [0.717, 1.165) is 12.8 Å². The van der Waals surface area contributed by atoms with Gasteiger partial charge in [0.2, 0.25) is 0 Å². The van der Waals surface area contributed by atoms with Crippen molar-refractivity contribution in [3.05, 3.63) is 52.6 Å². The van der Waals surface area contributed by atoms with Crippen LogP contribution in [0.2, 0.25) is 0 Å². The maximum Gasteiger partial charge on any atom is 0.294 e. The van der Waals surface area contributed by atoms with E-state index < -0.39 is 10.5 Å². The molecular formula is C16H21N5O3. The van der Waals surface area contributed by atoms with Crippen molar-refractivity contribution in [2.24, 2.45) is 5.73 Å². The number of nitrogens with two attached hydrogens (primary N) is 1. The molecule has 2 rings (SSSR count). The Labute approximate surface area is 139 Å². The van der Waals surface area contributed by atoms with Crippen LogP contribution < -0.4 is 11.1 Å². The minimum Gasteiger partial charge on any atom is -0.350 e. The fraction of sp³-hybridized carbons (Fsp3) is 0.375. The molecule has 128 valence electrons. The Kier molecular flexibility index (Phi) is 5.30. The third-order valence-corrected chi connectivity index (χ3v) is 4.23. The van der Waals surface area contributed by atoms with E-state index in [1.165, 1.54) is 29.2 Å². The highest BCUT2D eigenvalue weighted by molar-refractivity contribution is 5.95. The molecule has 0 spiro atoms. The number of aromatic nitrogens is 2. The summed E-state index contributed by atoms with van der Waals surface area (Å²) in [6, 6.07) is 4.35. The predicted octanol–water partition coefficient (Wildman–Crippen LogP) is 2.03. The molecular weight excluding hydrogens is 310 g/mol. The number of nitro benzene ring substituents is 1. The first-order valence-corrected chi connectivity index (χ1v) is 7.74. The van der Waals surface area contributed by atoms with Crippen molar-refractivity contribution < 1.29 is 9.72 Å². The molecule has 1 amide bonds. The average molecular weight is 331 g/mol. The molecule has 0 aliphatic heterocycles. The summed E-state index contributed by atoms with van der Waals surface area (Å²) >= 11 is 0. The van der Waals surface area contributed by atoms with Gasteiger partial charge in [-0.15, -0.1) is 0 Å². The maximum atomic E-state index is 12.3. The highest BCUT2D eigenvalue weighted by atomic mass is 16.6. The molecule has 1 heterocycles. The van der Waals surface area contributed by atoms with Gasteiger partial charge < -0.3 is 15.6 Å². The van der Waals surface area contributed by atoms with Crippen molar-refractivity contribution in [1.29, 1.82) is 0 Å². The molecule has 1 aromatic heterocycles. The summed E-state index contributed by atoms with van der Waals surface area (Å²) in [6.07, 6.45) is 6.05. The summed E-state index contributed by atoms with van der Waals surface area (Å²) in [6.45, 7) is 4.23. The minimum atomic E-state index is -0.516. The second-order valence-electron chi connectivity index (χ2n) is 5.68. The fourth-order valence-electron chi connectivity index (χ4n) is 2.29. The van der Waals surface area contributed by atoms with Crippen LogP contribution >= 0.6 is 0 Å². The highest BCUT2D eigenvalue weighted by Crippen LogP contribution is 2.24. The first-order valence-electron chi connectivity index (χ1n) is 7.74. The zero-order chi connectivity index (χ0) is 17.7. The van der Waals surface area contributed by atoms with Crippen LogP contribution in [-0.2, 0) is 0 Å². The number of amides is 1. The zero-order valence-corrected chi connectivity index (χ0v) is 13.7. The van der Waals surface area contributed by atoms with Crippen LogP contribution in [0, 0.1) is 10.1 Å². The van der Waals surface area contributed by atoms with Gasteiger partial charge in [0.1, 0.15) is 5.69 Å². The summed E-state index contributed by atoms with van der Waals surface area (Å²) in [4.78, 5) is 27.0. The third kappa shape index (κ3) is 3.77. The number of imidazole rings is 1. The van der Waals surface area contributed by atoms with E-state index in [1.54, 1.807) is 12.3 Å². The molecule has 24 heavy (non-hydrogen) atoms. The Hall–Kier alpha value is -2.74. The molecule has 0 fully saturated rings. The first-order chi connectivity index (χ1) is 11.4. The van der Waals surface area contributed by atoms with E-state index in [0.29, 0.717) is 12.2 Å². The molecule has 0 aliphatic rings. The molecule has 0 unspecified atom stereocenters. The van der Waals surface area contributed by atoms with Crippen molar-refractivity contribution in [2.45, 2.75) is 32.2 Å². The van der Waals surface area contributed by atoms with Crippen LogP contribution in [0.4, 0.5) is 5.69 Å². The standard InChI is InChI=1S/C16H21N5O3/c1-3-16(17,4-2)10-19-15(22)12-5-6-13(14(9-12)21(23)24)20-8-7-18-11-20/h5-9,11H,3-4,10,17H2,1-2H3,(H,19,22). The average Bonchev–Trinajstić information content (AvgIpc) is 3.13. The van der Waals surface area contributed by atoms with Gasteiger partial charge in [-0.1, -0.05) is 13.8 Å². The second kappa shape index (κ2) is 7.22. The number of carbonyl (C=O) groups excluding carboxylic acids is 1. The van der Waals surface area contributed by atoms with Gasteiger partial charge in [-0.2, -0.15) is 0 Å². The zero-order valence-electron chi connectivity index (χ0n) is 13.7. The Morgan fingerprint density at radius 3 is 2.67 bits per heavy atom. The van der Waals surface area contributed by atoms with Gasteiger partial charge in [0.15, 0.2) is 0 Å². The molecule has 3 N–H and O–H groups in total. The molecule has 0 aliphatic carbocycles. The third-order valence-electron chi connectivity index (χ3n) is 4.23. The molecule has 0 radical (unpaired) electrons. The number of nitrogens with zero attached hydrogens (tertiary/aromatic N) is 3. The predicted molar refractivity (Wildman–Crippen MR) is 90.1 cm³/mol. The van der Waals surface area contributed by atoms with E-state index in [1.807, 2.05) is 13.8 Å². The van der Waals surface area contributed by atoms with Crippen molar-refractivity contribution in [1.82, 2.24) is 14.9 Å². The lowest BCUT2D eigenvalue weighted by Crippen LogP contribution is -2.49. The van der Waals surface area contributed by atoms with Crippen molar-refractivity contribution >= 4 is 11.6 Å². The van der Waals surface area contributed by atoms with Crippen molar-refractivity contribution in [2.75, 3.05) is 6.54 Å². The number of nitro groups is 1. The van der Waals surface area contributed by atoms with Gasteiger partial charge in [-0.3, -0.25) is 14.9 Å². The summed E-state index contributed by atoms with van der Waals surface area (Å²) in [5.41, 5.74) is 6.09. The van der Waals surface area contributed by atoms with Gasteiger partial charge in [-0.25, -0.2) is 4.98 Å². The van der Waals surface area contributed by atoms with E-state index >= 15 is 0 Å². The SMILES string of the molecule is CCC(N)(CC)CNC(=O)c1ccc(-n2ccnc2)c([N+](=O)[O-])c1. The van der Waals surface area contributed by atoms with Crippen molar-refractivity contribution in [3.8, 4) is 5.69 Å². The first kappa shape index (κ1) is 17.6. The van der Waals surface area contributed by atoms with Crippen LogP contribution in [0.25, 0.3) is 5.69 Å². The minimum absolute atomic E-state index is 0.161. The molecule has 0 saturated heterocycles. The molecule has 1 aromatic carbocycles. The van der Waals surface area contributed by atoms with Gasteiger partial charge in [0.25, 0.3) is 11.6 Å². The topological polar surface area (TPSA) is 116 Å².